The Morgan fingerprint density at radius 1 is 0.931 bits per heavy atom. The van der Waals surface area contributed by atoms with Gasteiger partial charge in [0.15, 0.2) is 12.4 Å². The summed E-state index contributed by atoms with van der Waals surface area (Å²) in [6.07, 6.45) is -0.360. The molecule has 2 rings (SSSR count). The van der Waals surface area contributed by atoms with Crippen molar-refractivity contribution in [2.45, 2.75) is 19.8 Å². The lowest BCUT2D eigenvalue weighted by Gasteiger charge is -2.09. The van der Waals surface area contributed by atoms with Crippen LogP contribution in [-0.2, 0) is 19.1 Å². The van der Waals surface area contributed by atoms with E-state index in [0.717, 1.165) is 0 Å². The molecule has 0 saturated carbocycles. The zero-order valence-electron chi connectivity index (χ0n) is 15.5. The van der Waals surface area contributed by atoms with Crippen LogP contribution in [0.15, 0.2) is 42.5 Å². The molecule has 0 spiro atoms. The topological polar surface area (TPSA) is 102 Å². The van der Waals surface area contributed by atoms with E-state index in [2.05, 4.69) is 10.6 Å². The van der Waals surface area contributed by atoms with Crippen LogP contribution < -0.4 is 10.6 Å². The number of rotatable bonds is 8. The maximum Gasteiger partial charge on any atom is 0.306 e. The molecule has 29 heavy (non-hydrogen) atoms. The molecule has 0 unspecified atom stereocenters. The number of anilines is 2. The molecule has 2 amide bonds. The highest BCUT2D eigenvalue weighted by Gasteiger charge is 2.12. The molecule has 2 aromatic rings. The first-order chi connectivity index (χ1) is 13.7. The van der Waals surface area contributed by atoms with Crippen molar-refractivity contribution < 1.29 is 23.9 Å². The Kier molecular flexibility index (Phi) is 8.18. The normalized spacial score (nSPS) is 10.2. The predicted octanol–water partition coefficient (Wildman–Crippen LogP) is 4.10. The zero-order chi connectivity index (χ0) is 21.4. The number of ketones is 1. The Morgan fingerprint density at radius 3 is 2.41 bits per heavy atom. The van der Waals surface area contributed by atoms with Crippen LogP contribution in [0.5, 0.6) is 0 Å². The second kappa shape index (κ2) is 10.6. The summed E-state index contributed by atoms with van der Waals surface area (Å²) in [5, 5.41) is 5.80. The average Bonchev–Trinajstić information content (AvgIpc) is 2.67. The number of benzene rings is 2. The molecule has 0 saturated heterocycles. The maximum atomic E-state index is 11.9. The number of Topliss-reactive ketones (excluding diaryl/α,β-unsaturated/α-hetero) is 1. The van der Waals surface area contributed by atoms with Crippen LogP contribution in [0.25, 0.3) is 0 Å². The van der Waals surface area contributed by atoms with Gasteiger partial charge in [-0.1, -0.05) is 35.3 Å². The number of amides is 2. The molecule has 0 bridgehead atoms. The van der Waals surface area contributed by atoms with E-state index in [9.17, 15) is 19.2 Å². The van der Waals surface area contributed by atoms with Gasteiger partial charge in [-0.3, -0.25) is 19.2 Å². The first-order valence-corrected chi connectivity index (χ1v) is 9.31. The largest absolute Gasteiger partial charge is 0.456 e. The monoisotopic (exact) mass is 436 g/mol. The lowest BCUT2D eigenvalue weighted by atomic mass is 10.1. The van der Waals surface area contributed by atoms with Crippen molar-refractivity contribution in [1.82, 2.24) is 0 Å². The Morgan fingerprint density at radius 2 is 1.69 bits per heavy atom. The third-order valence-electron chi connectivity index (χ3n) is 3.68. The van der Waals surface area contributed by atoms with E-state index < -0.39 is 24.4 Å². The van der Waals surface area contributed by atoms with Crippen molar-refractivity contribution in [2.24, 2.45) is 0 Å². The van der Waals surface area contributed by atoms with Crippen LogP contribution in [-0.4, -0.2) is 30.2 Å². The smallest absolute Gasteiger partial charge is 0.306 e. The van der Waals surface area contributed by atoms with Crippen molar-refractivity contribution >= 4 is 58.1 Å². The predicted molar refractivity (Wildman–Crippen MR) is 110 cm³/mol. The van der Waals surface area contributed by atoms with Gasteiger partial charge in [0.1, 0.15) is 0 Å². The summed E-state index contributed by atoms with van der Waals surface area (Å²) < 4.78 is 4.85. The van der Waals surface area contributed by atoms with E-state index in [1.54, 1.807) is 30.3 Å². The third kappa shape index (κ3) is 7.56. The Labute approximate surface area is 177 Å². The van der Waals surface area contributed by atoms with Crippen molar-refractivity contribution in [1.29, 1.82) is 0 Å². The molecule has 0 radical (unpaired) electrons. The highest BCUT2D eigenvalue weighted by atomic mass is 35.5. The second-order valence-electron chi connectivity index (χ2n) is 6.02. The van der Waals surface area contributed by atoms with Gasteiger partial charge in [0.05, 0.1) is 17.1 Å². The lowest BCUT2D eigenvalue weighted by molar-refractivity contribution is -0.147. The van der Waals surface area contributed by atoms with Crippen LogP contribution in [0.2, 0.25) is 10.0 Å². The molecule has 2 N–H and O–H groups in total. The number of halogens is 2. The fourth-order valence-corrected chi connectivity index (χ4v) is 2.59. The van der Waals surface area contributed by atoms with Gasteiger partial charge >= 0.3 is 5.97 Å². The summed E-state index contributed by atoms with van der Waals surface area (Å²) in [5.74, 6) is -1.85. The van der Waals surface area contributed by atoms with E-state index in [-0.39, 0.29) is 18.6 Å². The summed E-state index contributed by atoms with van der Waals surface area (Å²) in [6, 6.07) is 11.0. The van der Waals surface area contributed by atoms with E-state index >= 15 is 0 Å². The number of carbonyl (C=O) groups is 4. The molecule has 0 aliphatic rings. The first kappa shape index (κ1) is 22.4. The van der Waals surface area contributed by atoms with Gasteiger partial charge in [-0.05, 0) is 37.3 Å². The number of esters is 1. The van der Waals surface area contributed by atoms with Gasteiger partial charge in [-0.2, -0.15) is 0 Å². The summed E-state index contributed by atoms with van der Waals surface area (Å²) in [6.45, 7) is 0.907. The van der Waals surface area contributed by atoms with E-state index in [1.807, 2.05) is 0 Å². The van der Waals surface area contributed by atoms with Gasteiger partial charge in [0.2, 0.25) is 5.91 Å². The van der Waals surface area contributed by atoms with Gasteiger partial charge in [0.25, 0.3) is 5.91 Å². The van der Waals surface area contributed by atoms with Crippen LogP contribution in [0, 0.1) is 0 Å². The molecule has 2 aromatic carbocycles. The van der Waals surface area contributed by atoms with Crippen molar-refractivity contribution in [3.8, 4) is 0 Å². The molecule has 9 heteroatoms. The number of hydrogen-bond acceptors (Lipinski definition) is 5. The van der Waals surface area contributed by atoms with Crippen LogP contribution >= 0.6 is 23.2 Å². The minimum Gasteiger partial charge on any atom is -0.456 e. The van der Waals surface area contributed by atoms with Gasteiger partial charge in [-0.15, -0.1) is 0 Å². The molecule has 152 valence electrons. The second-order valence-corrected chi connectivity index (χ2v) is 6.86. The maximum absolute atomic E-state index is 11.9. The fraction of sp³-hybridized carbons (Fsp3) is 0.200. The number of hydrogen-bond donors (Lipinski definition) is 2. The summed E-state index contributed by atoms with van der Waals surface area (Å²) in [7, 11) is 0. The van der Waals surface area contributed by atoms with E-state index in [1.165, 1.54) is 19.1 Å². The minimum atomic E-state index is -0.704. The molecule has 7 nitrogen and oxygen atoms in total. The highest BCUT2D eigenvalue weighted by molar-refractivity contribution is 6.35. The molecule has 0 aromatic heterocycles. The van der Waals surface area contributed by atoms with Crippen LogP contribution in [0.4, 0.5) is 11.4 Å². The van der Waals surface area contributed by atoms with Crippen molar-refractivity contribution in [3.63, 3.8) is 0 Å². The summed E-state index contributed by atoms with van der Waals surface area (Å²) >= 11 is 11.8. The Hall–Kier alpha value is -2.90. The lowest BCUT2D eigenvalue weighted by Crippen LogP contribution is -2.22. The van der Waals surface area contributed by atoms with Crippen molar-refractivity contribution in [3.05, 3.63) is 58.1 Å². The summed E-state index contributed by atoms with van der Waals surface area (Å²) in [5.41, 5.74) is 1.20. The molecule has 0 heterocycles. The van der Waals surface area contributed by atoms with Gasteiger partial charge in [-0.25, -0.2) is 0 Å². The van der Waals surface area contributed by atoms with Crippen LogP contribution in [0.1, 0.15) is 30.1 Å². The molecular formula is C20H18Cl2N2O5. The quantitative estimate of drug-likeness (QED) is 0.479. The Balaban J connectivity index is 1.74. The number of ether oxygens (including phenoxy) is 1. The third-order valence-corrected chi connectivity index (χ3v) is 4.24. The van der Waals surface area contributed by atoms with Crippen molar-refractivity contribution in [2.75, 3.05) is 17.2 Å². The molecule has 0 atom stereocenters. The first-order valence-electron chi connectivity index (χ1n) is 8.56. The minimum absolute atomic E-state index is 0.134. The zero-order valence-corrected chi connectivity index (χ0v) is 17.0. The number of carbonyl (C=O) groups excluding carboxylic acids is 4. The molecule has 0 fully saturated rings. The SMILES string of the molecule is CC(=O)c1cccc(NC(=O)COC(=O)CCC(=O)Nc2cc(Cl)ccc2Cl)c1. The number of nitrogens with one attached hydrogen (secondary N) is 2. The highest BCUT2D eigenvalue weighted by Crippen LogP contribution is 2.25. The van der Waals surface area contributed by atoms with Gasteiger partial charge < -0.3 is 15.4 Å². The fourth-order valence-electron chi connectivity index (χ4n) is 2.25. The standard InChI is InChI=1S/C20H18Cl2N2O5/c1-12(25)13-3-2-4-15(9-13)23-19(27)11-29-20(28)8-7-18(26)24-17-10-14(21)5-6-16(17)22/h2-6,9-10H,7-8,11H2,1H3,(H,23,27)(H,24,26). The Bertz CT molecular complexity index is 946. The van der Waals surface area contributed by atoms with E-state index in [4.69, 9.17) is 27.9 Å². The van der Waals surface area contributed by atoms with Crippen LogP contribution in [0.3, 0.4) is 0 Å². The van der Waals surface area contributed by atoms with Gasteiger partial charge in [0, 0.05) is 22.7 Å². The van der Waals surface area contributed by atoms with E-state index in [0.29, 0.717) is 27.0 Å². The molecule has 0 aliphatic heterocycles. The molecule has 0 aliphatic carbocycles. The summed E-state index contributed by atoms with van der Waals surface area (Å²) in [4.78, 5) is 46.9. The molecular weight excluding hydrogens is 419 g/mol. The average molecular weight is 437 g/mol.